The summed E-state index contributed by atoms with van der Waals surface area (Å²) in [5.41, 5.74) is 10.8. The molecule has 0 aliphatic rings. The summed E-state index contributed by atoms with van der Waals surface area (Å²) in [6.45, 7) is 1.01. The number of aliphatic hydroxyl groups is 3. The molecule has 0 aliphatic heterocycles. The Morgan fingerprint density at radius 1 is 1.27 bits per heavy atom. The lowest BCUT2D eigenvalue weighted by molar-refractivity contribution is -0.226. The maximum absolute atomic E-state index is 10.7. The van der Waals surface area contributed by atoms with Crippen molar-refractivity contribution in [3.8, 4) is 0 Å². The first-order chi connectivity index (χ1) is 6.86. The summed E-state index contributed by atoms with van der Waals surface area (Å²) >= 11 is 0. The second-order valence-corrected chi connectivity index (χ2v) is 4.04. The van der Waals surface area contributed by atoms with Crippen molar-refractivity contribution in [1.82, 2.24) is 0 Å². The Bertz CT molecular complexity index is 168. The lowest BCUT2D eigenvalue weighted by Crippen LogP contribution is -2.47. The Balaban J connectivity index is 4.35. The number of hydrogen-bond acceptors (Lipinski definition) is 5. The molecule has 0 aromatic heterocycles. The summed E-state index contributed by atoms with van der Waals surface area (Å²) < 4.78 is 0. The van der Waals surface area contributed by atoms with E-state index in [1.165, 1.54) is 0 Å². The fraction of sp³-hybridized carbons (Fsp3) is 1.00. The minimum absolute atomic E-state index is 0.0778. The average Bonchev–Trinajstić information content (AvgIpc) is 2.18. The van der Waals surface area contributed by atoms with Gasteiger partial charge in [-0.1, -0.05) is 0 Å². The second kappa shape index (κ2) is 6.37. The Morgan fingerprint density at radius 2 is 1.80 bits per heavy atom. The largest absolute Gasteiger partial charge is 0.387 e. The third-order valence-corrected chi connectivity index (χ3v) is 2.51. The highest BCUT2D eigenvalue weighted by molar-refractivity contribution is 4.81. The normalized spacial score (nSPS) is 18.6. The van der Waals surface area contributed by atoms with Crippen LogP contribution in [0.4, 0.5) is 0 Å². The molecular formula is C9H21N2O4. The molecule has 3 atom stereocenters. The molecule has 0 saturated carbocycles. The molecule has 7 N–H and O–H groups in total. The van der Waals surface area contributed by atoms with Crippen LogP contribution in [0, 0.1) is 11.8 Å². The molecule has 0 aromatic carbocycles. The van der Waals surface area contributed by atoms with Gasteiger partial charge in [-0.2, -0.15) is 0 Å². The molecule has 0 amide bonds. The minimum Gasteiger partial charge on any atom is -0.387 e. The third-order valence-electron chi connectivity index (χ3n) is 2.51. The van der Waals surface area contributed by atoms with Crippen molar-refractivity contribution in [2.24, 2.45) is 23.3 Å². The quantitative estimate of drug-likeness (QED) is 0.318. The summed E-state index contributed by atoms with van der Waals surface area (Å²) in [5.74, 6) is -3.03. The van der Waals surface area contributed by atoms with Gasteiger partial charge >= 0.3 is 0 Å². The summed E-state index contributed by atoms with van der Waals surface area (Å²) in [6, 6.07) is 0. The highest BCUT2D eigenvalue weighted by Crippen LogP contribution is 2.21. The lowest BCUT2D eigenvalue weighted by atomic mass is 9.87. The van der Waals surface area contributed by atoms with Gasteiger partial charge in [-0.05, 0) is 32.4 Å². The molecule has 0 bridgehead atoms. The van der Waals surface area contributed by atoms with Crippen LogP contribution in [0.3, 0.4) is 0 Å². The first kappa shape index (κ1) is 14.8. The molecule has 3 unspecified atom stereocenters. The maximum Gasteiger partial charge on any atom is 0.186 e. The van der Waals surface area contributed by atoms with Gasteiger partial charge in [-0.15, -0.1) is 0 Å². The van der Waals surface area contributed by atoms with Gasteiger partial charge in [-0.3, -0.25) is 0 Å². The van der Waals surface area contributed by atoms with Gasteiger partial charge in [0.2, 0.25) is 0 Å². The van der Waals surface area contributed by atoms with E-state index in [0.717, 1.165) is 6.92 Å². The van der Waals surface area contributed by atoms with Gasteiger partial charge in [0.05, 0.1) is 6.61 Å². The van der Waals surface area contributed by atoms with Crippen molar-refractivity contribution in [2.45, 2.75) is 25.2 Å². The standard InChI is InChI=1S/C9H21N2O4/c1-9(14,15)8(13)7(4-11)2-6(3-10)5-12/h6-8,13-15H,2-5,10-11H2,1H3. The van der Waals surface area contributed by atoms with Crippen LogP contribution in [0.1, 0.15) is 13.3 Å². The van der Waals surface area contributed by atoms with E-state index in [4.69, 9.17) is 11.5 Å². The zero-order valence-electron chi connectivity index (χ0n) is 8.97. The van der Waals surface area contributed by atoms with Gasteiger partial charge in [0.1, 0.15) is 6.10 Å². The Kier molecular flexibility index (Phi) is 6.26. The van der Waals surface area contributed by atoms with Crippen LogP contribution in [-0.2, 0) is 5.11 Å². The van der Waals surface area contributed by atoms with E-state index < -0.39 is 17.8 Å². The van der Waals surface area contributed by atoms with E-state index in [1.54, 1.807) is 0 Å². The molecule has 6 nitrogen and oxygen atoms in total. The molecule has 0 rings (SSSR count). The molecule has 6 heteroatoms. The topological polar surface area (TPSA) is 133 Å². The second-order valence-electron chi connectivity index (χ2n) is 4.04. The molecule has 1 radical (unpaired) electrons. The Hall–Kier alpha value is -0.240. The van der Waals surface area contributed by atoms with E-state index >= 15 is 0 Å². The Morgan fingerprint density at radius 3 is 2.07 bits per heavy atom. The van der Waals surface area contributed by atoms with Crippen LogP contribution in [0.25, 0.3) is 0 Å². The van der Waals surface area contributed by atoms with Crippen molar-refractivity contribution < 1.29 is 20.4 Å². The zero-order chi connectivity index (χ0) is 12.1. The van der Waals surface area contributed by atoms with Crippen LogP contribution in [0.15, 0.2) is 0 Å². The maximum atomic E-state index is 10.7. The molecule has 91 valence electrons. The van der Waals surface area contributed by atoms with Gasteiger partial charge in [0.25, 0.3) is 0 Å². The van der Waals surface area contributed by atoms with E-state index in [2.05, 4.69) is 0 Å². The lowest BCUT2D eigenvalue weighted by Gasteiger charge is -2.31. The van der Waals surface area contributed by atoms with E-state index in [9.17, 15) is 20.4 Å². The summed E-state index contributed by atoms with van der Waals surface area (Å²) in [4.78, 5) is 0. The predicted octanol–water partition coefficient (Wildman–Crippen LogP) is -1.98. The van der Waals surface area contributed by atoms with Crippen molar-refractivity contribution >= 4 is 0 Å². The molecule has 0 aliphatic carbocycles. The number of rotatable bonds is 7. The monoisotopic (exact) mass is 221 g/mol. The molecule has 0 spiro atoms. The zero-order valence-corrected chi connectivity index (χ0v) is 8.97. The number of aliphatic hydroxyl groups excluding tert-OH is 1. The van der Waals surface area contributed by atoms with Crippen LogP contribution in [0.5, 0.6) is 0 Å². The molecule has 0 aromatic rings. The minimum atomic E-state index is -2.20. The molecule has 15 heavy (non-hydrogen) atoms. The molecule has 0 saturated heterocycles. The fourth-order valence-corrected chi connectivity index (χ4v) is 1.46. The van der Waals surface area contributed by atoms with Crippen LogP contribution < -0.4 is 11.5 Å². The highest BCUT2D eigenvalue weighted by atomic mass is 16.5. The first-order valence-electron chi connectivity index (χ1n) is 4.97. The SMILES string of the molecule is CC(O)(O)C(O)C(CN)CC(CN)C[O]. The molecule has 0 heterocycles. The van der Waals surface area contributed by atoms with Crippen molar-refractivity contribution in [2.75, 3.05) is 19.7 Å². The van der Waals surface area contributed by atoms with Gasteiger partial charge < -0.3 is 26.8 Å². The number of hydrogen-bond donors (Lipinski definition) is 5. The van der Waals surface area contributed by atoms with Gasteiger partial charge in [-0.25, -0.2) is 5.11 Å². The van der Waals surface area contributed by atoms with E-state index in [1.807, 2.05) is 0 Å². The van der Waals surface area contributed by atoms with Gasteiger partial charge in [0.15, 0.2) is 5.79 Å². The van der Waals surface area contributed by atoms with E-state index in [0.29, 0.717) is 6.42 Å². The highest BCUT2D eigenvalue weighted by Gasteiger charge is 2.34. The molecule has 0 fully saturated rings. The summed E-state index contributed by atoms with van der Waals surface area (Å²) in [7, 11) is 0. The predicted molar refractivity (Wildman–Crippen MR) is 54.1 cm³/mol. The first-order valence-corrected chi connectivity index (χ1v) is 4.97. The van der Waals surface area contributed by atoms with Crippen molar-refractivity contribution in [3.63, 3.8) is 0 Å². The smallest absolute Gasteiger partial charge is 0.186 e. The third kappa shape index (κ3) is 4.87. The van der Waals surface area contributed by atoms with Crippen LogP contribution in [-0.4, -0.2) is 46.9 Å². The Labute approximate surface area is 89.5 Å². The number of nitrogens with two attached hydrogens (primary N) is 2. The molecular weight excluding hydrogens is 200 g/mol. The summed E-state index contributed by atoms with van der Waals surface area (Å²) in [6.07, 6.45) is -1.07. The fourth-order valence-electron chi connectivity index (χ4n) is 1.46. The van der Waals surface area contributed by atoms with Gasteiger partial charge in [0, 0.05) is 5.92 Å². The summed E-state index contributed by atoms with van der Waals surface area (Å²) in [5, 5.41) is 38.6. The van der Waals surface area contributed by atoms with Crippen molar-refractivity contribution in [3.05, 3.63) is 0 Å². The average molecular weight is 221 g/mol. The van der Waals surface area contributed by atoms with Crippen LogP contribution in [0.2, 0.25) is 0 Å². The van der Waals surface area contributed by atoms with E-state index in [-0.39, 0.29) is 25.6 Å². The van der Waals surface area contributed by atoms with Crippen molar-refractivity contribution in [1.29, 1.82) is 0 Å². The van der Waals surface area contributed by atoms with Crippen LogP contribution >= 0.6 is 0 Å².